The van der Waals surface area contributed by atoms with Crippen molar-refractivity contribution in [3.05, 3.63) is 0 Å². The van der Waals surface area contributed by atoms with Crippen LogP contribution in [0.25, 0.3) is 0 Å². The molecule has 6 heteroatoms. The highest BCUT2D eigenvalue weighted by molar-refractivity contribution is 7.40. The zero-order chi connectivity index (χ0) is 11.9. The average molecular weight is 224 g/mol. The zero-order valence-corrected chi connectivity index (χ0v) is 10.3. The van der Waals surface area contributed by atoms with Crippen molar-refractivity contribution in [2.24, 2.45) is 5.92 Å². The summed E-state index contributed by atoms with van der Waals surface area (Å²) in [5.74, 6) is 0.283. The third-order valence-electron chi connectivity index (χ3n) is 2.96. The molecule has 0 aliphatic heterocycles. The van der Waals surface area contributed by atoms with Crippen molar-refractivity contribution in [1.29, 1.82) is 0 Å². The van der Waals surface area contributed by atoms with E-state index >= 15 is 0 Å². The summed E-state index contributed by atoms with van der Waals surface area (Å²) in [5, 5.41) is -0.479. The normalized spacial score (nSPS) is 30.9. The molecule has 1 aliphatic rings. The van der Waals surface area contributed by atoms with Gasteiger partial charge in [-0.25, -0.2) is 0 Å². The molecule has 0 aromatic carbocycles. The summed E-state index contributed by atoms with van der Waals surface area (Å²) in [6, 6.07) is 0. The first-order valence-corrected chi connectivity index (χ1v) is 6.36. The monoisotopic (exact) mass is 224 g/mol. The van der Waals surface area contributed by atoms with Crippen molar-refractivity contribution in [3.8, 4) is 0 Å². The maximum absolute atomic E-state index is 11.3. The van der Waals surface area contributed by atoms with Gasteiger partial charge in [-0.05, 0) is 15.8 Å². The second-order valence-corrected chi connectivity index (χ2v) is 6.23. The summed E-state index contributed by atoms with van der Waals surface area (Å²) in [4.78, 5) is 20.0. The molecule has 0 bridgehead atoms. The van der Waals surface area contributed by atoms with Crippen LogP contribution in [0.15, 0.2) is 0 Å². The summed E-state index contributed by atoms with van der Waals surface area (Å²) in [5.41, 5.74) is -0.257. The van der Waals surface area contributed by atoms with Crippen LogP contribution in [0, 0.1) is 5.92 Å². The lowest BCUT2D eigenvalue weighted by Crippen LogP contribution is -2.20. The van der Waals surface area contributed by atoms with Crippen LogP contribution in [0.1, 0.15) is 27.2 Å². The maximum Gasteiger partial charge on any atom is 0.512 e. The highest BCUT2D eigenvalue weighted by atomic mass is 31.1. The second kappa shape index (κ2) is 4.03. The van der Waals surface area contributed by atoms with Gasteiger partial charge in [0.15, 0.2) is 0 Å². The summed E-state index contributed by atoms with van der Waals surface area (Å²) in [7, 11) is 5.15. The molecule has 3 unspecified atom stereocenters. The summed E-state index contributed by atoms with van der Waals surface area (Å²) < 4.78 is 10.5. The molecule has 1 fully saturated rings. The number of rotatable bonds is 5. The van der Waals surface area contributed by atoms with Gasteiger partial charge < -0.3 is 4.79 Å². The predicted octanol–water partition coefficient (Wildman–Crippen LogP) is 1.52. The predicted molar refractivity (Wildman–Crippen MR) is 61.7 cm³/mol. The Kier molecular flexibility index (Phi) is 3.47. The van der Waals surface area contributed by atoms with Crippen LogP contribution in [0.2, 0.25) is 10.6 Å². The van der Waals surface area contributed by atoms with E-state index in [0.717, 1.165) is 6.42 Å². The number of hydrogen-bond donors (Lipinski definition) is 1. The highest BCUT2D eigenvalue weighted by Gasteiger charge is 2.56. The van der Waals surface area contributed by atoms with Crippen LogP contribution in [-0.2, 0) is 9.36 Å². The van der Waals surface area contributed by atoms with E-state index in [9.17, 15) is 9.36 Å². The molecular weight excluding hydrogens is 209 g/mol. The first kappa shape index (κ1) is 12.9. The van der Waals surface area contributed by atoms with Crippen molar-refractivity contribution in [2.45, 2.75) is 37.8 Å². The number of hydrogen-bond acceptors (Lipinski definition) is 2. The topological polar surface area (TPSA) is 54.4 Å². The largest absolute Gasteiger partial charge is 0.512 e. The molecule has 0 heterocycles. The van der Waals surface area contributed by atoms with E-state index in [-0.39, 0.29) is 28.4 Å². The van der Waals surface area contributed by atoms with Crippen molar-refractivity contribution in [3.63, 3.8) is 0 Å². The van der Waals surface area contributed by atoms with Crippen LogP contribution < -0.4 is 0 Å². The summed E-state index contributed by atoms with van der Waals surface area (Å²) in [6.07, 6.45) is 0.604. The van der Waals surface area contributed by atoms with E-state index < -0.39 is 8.03 Å². The van der Waals surface area contributed by atoms with E-state index in [4.69, 9.17) is 12.7 Å². The molecular formula is C9H15B2O3P+. The molecule has 1 saturated carbocycles. The lowest BCUT2D eigenvalue weighted by molar-refractivity contribution is -0.110. The molecule has 15 heavy (non-hydrogen) atoms. The molecule has 3 radical (unpaired) electrons. The van der Waals surface area contributed by atoms with Crippen LogP contribution in [-0.4, -0.2) is 31.9 Å². The smallest absolute Gasteiger partial charge is 0.307 e. The molecule has 0 saturated heterocycles. The van der Waals surface area contributed by atoms with Crippen LogP contribution in [0.4, 0.5) is 0 Å². The Morgan fingerprint density at radius 3 is 2.60 bits per heavy atom. The molecule has 1 N–H and O–H groups in total. The molecule has 79 valence electrons. The van der Waals surface area contributed by atoms with Crippen LogP contribution in [0.5, 0.6) is 0 Å². The molecule has 1 rings (SSSR count). The second-order valence-electron chi connectivity index (χ2n) is 5.20. The van der Waals surface area contributed by atoms with Gasteiger partial charge in [0.2, 0.25) is 13.4 Å². The van der Waals surface area contributed by atoms with Gasteiger partial charge in [-0.3, -0.25) is 0 Å². The third kappa shape index (κ3) is 3.42. The molecule has 1 aliphatic carbocycles. The Balaban J connectivity index is 2.48. The Morgan fingerprint density at radius 1 is 1.73 bits per heavy atom. The van der Waals surface area contributed by atoms with Crippen molar-refractivity contribution in [2.75, 3.05) is 6.16 Å². The van der Waals surface area contributed by atoms with Gasteiger partial charge in [0.05, 0.1) is 7.85 Å². The summed E-state index contributed by atoms with van der Waals surface area (Å²) >= 11 is 0. The average Bonchev–Trinajstić information content (AvgIpc) is 2.57. The Labute approximate surface area is 93.5 Å². The van der Waals surface area contributed by atoms with Crippen LogP contribution >= 0.6 is 8.03 Å². The first-order chi connectivity index (χ1) is 6.65. The summed E-state index contributed by atoms with van der Waals surface area (Å²) in [6.45, 7) is 5.84. The van der Waals surface area contributed by atoms with Crippen molar-refractivity contribution in [1.82, 2.24) is 0 Å². The Bertz CT molecular complexity index is 300. The molecule has 0 aromatic rings. The number of carbonyl (C=O) groups excluding carboxylic acids is 1. The van der Waals surface area contributed by atoms with E-state index in [1.165, 1.54) is 0 Å². The molecule has 0 amide bonds. The van der Waals surface area contributed by atoms with Gasteiger partial charge in [0.25, 0.3) is 0 Å². The van der Waals surface area contributed by atoms with E-state index in [1.54, 1.807) is 7.28 Å². The third-order valence-corrected chi connectivity index (χ3v) is 3.54. The standard InChI is InChI=1S/C9H14B2O3P/c1-8(2,10)6-4-9(6,3)11-7(12)5-15(13)14/h6H,4-5H2,1-3H3/p+1. The minimum atomic E-state index is -2.37. The Hall–Kier alpha value is -0.140. The van der Waals surface area contributed by atoms with Gasteiger partial charge in [0.1, 0.15) is 5.68 Å². The highest BCUT2D eigenvalue weighted by Crippen LogP contribution is 2.67. The number of carbonyl (C=O) groups is 1. The van der Waals surface area contributed by atoms with Crippen molar-refractivity contribution < 1.29 is 14.3 Å². The lowest BCUT2D eigenvalue weighted by Gasteiger charge is -2.21. The van der Waals surface area contributed by atoms with Gasteiger partial charge >= 0.3 is 8.03 Å². The SMILES string of the molecule is [B]C(C)(C)C1CC1(C)[B]C(=O)C[P+](=O)O. The van der Waals surface area contributed by atoms with Crippen molar-refractivity contribution >= 4 is 28.8 Å². The quantitative estimate of drug-likeness (QED) is 0.568. The van der Waals surface area contributed by atoms with Gasteiger partial charge in [-0.15, -0.1) is 0 Å². The molecule has 3 nitrogen and oxygen atoms in total. The Morgan fingerprint density at radius 2 is 2.27 bits per heavy atom. The van der Waals surface area contributed by atoms with Gasteiger partial charge in [-0.1, -0.05) is 32.5 Å². The lowest BCUT2D eigenvalue weighted by atomic mass is 9.54. The minimum absolute atomic E-state index is 0.180. The van der Waals surface area contributed by atoms with E-state index in [1.807, 2.05) is 20.8 Å². The molecule has 3 atom stereocenters. The zero-order valence-electron chi connectivity index (χ0n) is 9.36. The van der Waals surface area contributed by atoms with Gasteiger partial charge in [0, 0.05) is 0 Å². The van der Waals surface area contributed by atoms with E-state index in [2.05, 4.69) is 0 Å². The fourth-order valence-corrected chi connectivity index (χ4v) is 2.56. The van der Waals surface area contributed by atoms with Gasteiger partial charge in [-0.2, -0.15) is 4.89 Å². The fourth-order valence-electron chi connectivity index (χ4n) is 2.20. The fraction of sp³-hybridized carbons (Fsp3) is 0.889. The minimum Gasteiger partial charge on any atom is -0.307 e. The first-order valence-electron chi connectivity index (χ1n) is 4.96. The maximum atomic E-state index is 11.3. The molecule has 0 spiro atoms. The molecule has 0 aromatic heterocycles. The van der Waals surface area contributed by atoms with E-state index in [0.29, 0.717) is 0 Å². The van der Waals surface area contributed by atoms with Crippen LogP contribution in [0.3, 0.4) is 0 Å².